The van der Waals surface area contributed by atoms with E-state index in [1.807, 2.05) is 46.2 Å². The second kappa shape index (κ2) is 15.3. The van der Waals surface area contributed by atoms with Gasteiger partial charge in [0, 0.05) is 34.5 Å². The van der Waals surface area contributed by atoms with Gasteiger partial charge < -0.3 is 13.5 Å². The Bertz CT molecular complexity index is 989. The third-order valence-electron chi connectivity index (χ3n) is 4.97. The standard InChI is InChI=1S/C8H13NO.C7H11NO.C6H9NO.C6H9NS/c1-5(2)8-6(3)9-10-7(8)4;1-5(2)7-4-9-8-6(7)3;2*1-5(2)6-7-3-4-8-6/h5H,1-4H3;4-5H,1-3H3;2*3-5H,1-2H3. The number of oxazole rings is 1. The summed E-state index contributed by atoms with van der Waals surface area (Å²) in [6, 6.07) is 0. The van der Waals surface area contributed by atoms with E-state index in [9.17, 15) is 0 Å². The zero-order valence-corrected chi connectivity index (χ0v) is 23.9. The predicted molar refractivity (Wildman–Crippen MR) is 142 cm³/mol. The predicted octanol–water partition coefficient (Wildman–Crippen LogP) is 8.59. The zero-order valence-electron chi connectivity index (χ0n) is 23.1. The van der Waals surface area contributed by atoms with Crippen molar-refractivity contribution in [1.82, 2.24) is 20.3 Å². The highest BCUT2D eigenvalue weighted by molar-refractivity contribution is 7.09. The fraction of sp³-hybridized carbons (Fsp3) is 0.556. The average molecular weight is 503 g/mol. The molecular weight excluding hydrogens is 460 g/mol. The van der Waals surface area contributed by atoms with E-state index in [1.54, 1.807) is 30.1 Å². The van der Waals surface area contributed by atoms with Gasteiger partial charge in [-0.25, -0.2) is 9.97 Å². The Morgan fingerprint density at radius 3 is 1.66 bits per heavy atom. The molecule has 0 N–H and O–H groups in total. The van der Waals surface area contributed by atoms with Crippen molar-refractivity contribution in [1.29, 1.82) is 0 Å². The molecule has 0 aliphatic rings. The maximum atomic E-state index is 5.01. The first-order valence-corrected chi connectivity index (χ1v) is 13.0. The van der Waals surface area contributed by atoms with Crippen LogP contribution in [0.4, 0.5) is 0 Å². The van der Waals surface area contributed by atoms with E-state index in [-0.39, 0.29) is 0 Å². The van der Waals surface area contributed by atoms with E-state index >= 15 is 0 Å². The molecule has 0 amide bonds. The molecule has 0 spiro atoms. The molecule has 7 nitrogen and oxygen atoms in total. The van der Waals surface area contributed by atoms with Crippen molar-refractivity contribution in [2.24, 2.45) is 0 Å². The summed E-state index contributed by atoms with van der Waals surface area (Å²) in [6.45, 7) is 22.8. The molecule has 0 aromatic carbocycles. The van der Waals surface area contributed by atoms with E-state index in [0.717, 1.165) is 23.0 Å². The summed E-state index contributed by atoms with van der Waals surface area (Å²) in [5.74, 6) is 3.81. The molecule has 4 heterocycles. The van der Waals surface area contributed by atoms with Crippen LogP contribution in [0, 0.1) is 20.8 Å². The maximum absolute atomic E-state index is 5.01. The molecule has 0 aliphatic carbocycles. The lowest BCUT2D eigenvalue weighted by atomic mass is 10.0. The SMILES string of the molecule is CC(C)c1ncco1.CC(C)c1nccs1.Cc1noc(C)c1C(C)C.Cc1nocc1C(C)C. The lowest BCUT2D eigenvalue weighted by molar-refractivity contribution is 0.392. The first kappa shape index (κ1) is 30.3. The number of rotatable bonds is 4. The first-order valence-electron chi connectivity index (χ1n) is 12.1. The van der Waals surface area contributed by atoms with Gasteiger partial charge in [-0.1, -0.05) is 65.7 Å². The van der Waals surface area contributed by atoms with Gasteiger partial charge in [0.15, 0.2) is 5.89 Å². The monoisotopic (exact) mass is 502 g/mol. The Morgan fingerprint density at radius 2 is 1.43 bits per heavy atom. The third kappa shape index (κ3) is 10.6. The van der Waals surface area contributed by atoms with Crippen molar-refractivity contribution in [2.45, 2.75) is 99.8 Å². The molecule has 0 saturated carbocycles. The smallest absolute Gasteiger partial charge is 0.196 e. The topological polar surface area (TPSA) is 91.0 Å². The van der Waals surface area contributed by atoms with Crippen molar-refractivity contribution >= 4 is 11.3 Å². The highest BCUT2D eigenvalue weighted by Gasteiger charge is 2.11. The van der Waals surface area contributed by atoms with Crippen molar-refractivity contribution in [3.63, 3.8) is 0 Å². The van der Waals surface area contributed by atoms with Crippen LogP contribution in [0.5, 0.6) is 0 Å². The minimum absolute atomic E-state index is 0.407. The first-order chi connectivity index (χ1) is 16.5. The van der Waals surface area contributed by atoms with Gasteiger partial charge in [-0.2, -0.15) is 0 Å². The molecule has 0 fully saturated rings. The quantitative estimate of drug-likeness (QED) is 0.276. The minimum Gasteiger partial charge on any atom is -0.449 e. The summed E-state index contributed by atoms with van der Waals surface area (Å²) in [7, 11) is 0. The van der Waals surface area contributed by atoms with Crippen LogP contribution in [0.2, 0.25) is 0 Å². The summed E-state index contributed by atoms with van der Waals surface area (Å²) in [5.41, 5.74) is 4.48. The molecule has 0 bridgehead atoms. The molecule has 8 heteroatoms. The van der Waals surface area contributed by atoms with Gasteiger partial charge >= 0.3 is 0 Å². The van der Waals surface area contributed by atoms with Gasteiger partial charge in [-0.3, -0.25) is 0 Å². The Kier molecular flexibility index (Phi) is 13.2. The van der Waals surface area contributed by atoms with Crippen LogP contribution in [0.15, 0.2) is 43.8 Å². The lowest BCUT2D eigenvalue weighted by Gasteiger charge is -2.00. The molecule has 194 valence electrons. The van der Waals surface area contributed by atoms with E-state index in [4.69, 9.17) is 13.5 Å². The van der Waals surface area contributed by atoms with E-state index < -0.39 is 0 Å². The van der Waals surface area contributed by atoms with Crippen LogP contribution in [-0.2, 0) is 0 Å². The highest BCUT2D eigenvalue weighted by atomic mass is 32.1. The number of hydrogen-bond donors (Lipinski definition) is 0. The summed E-state index contributed by atoms with van der Waals surface area (Å²) in [6.07, 6.45) is 6.81. The second-order valence-electron chi connectivity index (χ2n) is 9.45. The summed E-state index contributed by atoms with van der Waals surface area (Å²) < 4.78 is 14.7. The Morgan fingerprint density at radius 1 is 0.743 bits per heavy atom. The molecule has 35 heavy (non-hydrogen) atoms. The summed E-state index contributed by atoms with van der Waals surface area (Å²) >= 11 is 1.72. The zero-order chi connectivity index (χ0) is 26.5. The Labute approximate surface area is 214 Å². The molecule has 0 radical (unpaired) electrons. The van der Waals surface area contributed by atoms with Crippen LogP contribution in [-0.4, -0.2) is 20.3 Å². The number of thiazole rings is 1. The normalized spacial score (nSPS) is 10.6. The van der Waals surface area contributed by atoms with Crippen LogP contribution in [0.1, 0.15) is 118 Å². The van der Waals surface area contributed by atoms with Gasteiger partial charge in [0.25, 0.3) is 0 Å². The molecule has 4 aromatic rings. The molecule has 4 rings (SSSR count). The van der Waals surface area contributed by atoms with Crippen LogP contribution in [0.3, 0.4) is 0 Å². The summed E-state index contributed by atoms with van der Waals surface area (Å²) in [4.78, 5) is 8.08. The summed E-state index contributed by atoms with van der Waals surface area (Å²) in [5, 5.41) is 10.9. The fourth-order valence-corrected chi connectivity index (χ4v) is 3.86. The average Bonchev–Trinajstić information content (AvgIpc) is 3.58. The number of aromatic nitrogens is 4. The van der Waals surface area contributed by atoms with Gasteiger partial charge in [-0.05, 0) is 32.6 Å². The van der Waals surface area contributed by atoms with E-state index in [2.05, 4.69) is 61.8 Å². The Hall–Kier alpha value is -2.74. The van der Waals surface area contributed by atoms with E-state index in [1.165, 1.54) is 16.1 Å². The molecule has 0 unspecified atom stereocenters. The van der Waals surface area contributed by atoms with Gasteiger partial charge in [0.2, 0.25) is 0 Å². The van der Waals surface area contributed by atoms with Crippen LogP contribution >= 0.6 is 11.3 Å². The number of nitrogens with zero attached hydrogens (tertiary/aromatic N) is 4. The minimum atomic E-state index is 0.407. The molecule has 0 atom stereocenters. The van der Waals surface area contributed by atoms with Crippen molar-refractivity contribution < 1.29 is 13.5 Å². The van der Waals surface area contributed by atoms with Crippen molar-refractivity contribution in [3.05, 3.63) is 69.5 Å². The fourth-order valence-electron chi connectivity index (χ4n) is 3.21. The Balaban J connectivity index is 0.000000234. The maximum Gasteiger partial charge on any atom is 0.196 e. The van der Waals surface area contributed by atoms with Crippen molar-refractivity contribution in [3.8, 4) is 0 Å². The molecular formula is C27H42N4O3S. The highest BCUT2D eigenvalue weighted by Crippen LogP contribution is 2.21. The molecule has 4 aromatic heterocycles. The number of aryl methyl sites for hydroxylation is 3. The lowest BCUT2D eigenvalue weighted by Crippen LogP contribution is -1.89. The van der Waals surface area contributed by atoms with Gasteiger partial charge in [0.1, 0.15) is 18.3 Å². The molecule has 0 saturated heterocycles. The van der Waals surface area contributed by atoms with Crippen LogP contribution in [0.25, 0.3) is 0 Å². The van der Waals surface area contributed by atoms with Gasteiger partial charge in [-0.15, -0.1) is 11.3 Å². The molecule has 0 aliphatic heterocycles. The van der Waals surface area contributed by atoms with Crippen molar-refractivity contribution in [2.75, 3.05) is 0 Å². The van der Waals surface area contributed by atoms with Gasteiger partial charge in [0.05, 0.1) is 22.6 Å². The largest absolute Gasteiger partial charge is 0.449 e. The van der Waals surface area contributed by atoms with Crippen LogP contribution < -0.4 is 0 Å². The number of hydrogen-bond acceptors (Lipinski definition) is 8. The third-order valence-corrected chi connectivity index (χ3v) is 6.04. The van der Waals surface area contributed by atoms with E-state index in [0.29, 0.717) is 23.7 Å². The second-order valence-corrected chi connectivity index (χ2v) is 10.4.